The Kier molecular flexibility index (Phi) is 9.79. The van der Waals surface area contributed by atoms with E-state index in [4.69, 9.17) is 9.73 Å². The Balaban J connectivity index is 0.00000288. The molecule has 0 fully saturated rings. The Bertz CT molecular complexity index is 615. The van der Waals surface area contributed by atoms with Gasteiger partial charge < -0.3 is 15.0 Å². The second kappa shape index (κ2) is 11.0. The van der Waals surface area contributed by atoms with Gasteiger partial charge in [-0.15, -0.1) is 35.3 Å². The molecule has 0 saturated carbocycles. The van der Waals surface area contributed by atoms with Gasteiger partial charge in [0, 0.05) is 26.1 Å². The van der Waals surface area contributed by atoms with Crippen molar-refractivity contribution in [1.82, 2.24) is 15.2 Å². The van der Waals surface area contributed by atoms with E-state index in [1.807, 2.05) is 14.0 Å². The fraction of sp³-hybridized carbons (Fsp3) is 0.500. The lowest BCUT2D eigenvalue weighted by Crippen LogP contribution is -2.38. The van der Waals surface area contributed by atoms with Gasteiger partial charge in [0.25, 0.3) is 0 Å². The molecule has 1 atom stereocenters. The van der Waals surface area contributed by atoms with Crippen molar-refractivity contribution in [3.63, 3.8) is 0 Å². The standard InChI is InChI=1S/C16H24N4OS2.HI/c1-5-17-16(18-8-13-6-7-22-10-13)20(3)9-14-11-23-15(19-14)12(2)21-4;/h6-7,10-12H,5,8-9H2,1-4H3,(H,17,18);1H. The minimum atomic E-state index is 0. The van der Waals surface area contributed by atoms with Crippen LogP contribution in [0.15, 0.2) is 27.2 Å². The van der Waals surface area contributed by atoms with Gasteiger partial charge in [0.15, 0.2) is 5.96 Å². The third-order valence-electron chi connectivity index (χ3n) is 3.36. The van der Waals surface area contributed by atoms with E-state index in [2.05, 4.69) is 44.3 Å². The van der Waals surface area contributed by atoms with Crippen molar-refractivity contribution in [3.8, 4) is 0 Å². The van der Waals surface area contributed by atoms with Crippen molar-refractivity contribution in [1.29, 1.82) is 0 Å². The molecule has 0 bridgehead atoms. The maximum Gasteiger partial charge on any atom is 0.194 e. The third kappa shape index (κ3) is 6.30. The van der Waals surface area contributed by atoms with Crippen LogP contribution in [0.4, 0.5) is 0 Å². The molecule has 1 unspecified atom stereocenters. The molecular formula is C16H25IN4OS2. The number of hydrogen-bond acceptors (Lipinski definition) is 5. The van der Waals surface area contributed by atoms with Crippen LogP contribution in [0.5, 0.6) is 0 Å². The fourth-order valence-electron chi connectivity index (χ4n) is 2.02. The summed E-state index contributed by atoms with van der Waals surface area (Å²) < 4.78 is 5.32. The number of methoxy groups -OCH3 is 1. The van der Waals surface area contributed by atoms with Gasteiger partial charge in [-0.2, -0.15) is 11.3 Å². The van der Waals surface area contributed by atoms with Gasteiger partial charge in [-0.25, -0.2) is 9.98 Å². The van der Waals surface area contributed by atoms with E-state index >= 15 is 0 Å². The second-order valence-corrected chi connectivity index (χ2v) is 6.88. The van der Waals surface area contributed by atoms with Crippen molar-refractivity contribution in [2.45, 2.75) is 33.0 Å². The summed E-state index contributed by atoms with van der Waals surface area (Å²) in [6.45, 7) is 6.35. The van der Waals surface area contributed by atoms with Gasteiger partial charge in [0.1, 0.15) is 11.1 Å². The normalized spacial score (nSPS) is 12.6. The topological polar surface area (TPSA) is 49.8 Å². The van der Waals surface area contributed by atoms with Crippen LogP contribution in [0.2, 0.25) is 0 Å². The molecule has 0 aliphatic heterocycles. The summed E-state index contributed by atoms with van der Waals surface area (Å²) in [7, 11) is 3.74. The second-order valence-electron chi connectivity index (χ2n) is 5.21. The SMILES string of the molecule is CCNC(=NCc1ccsc1)N(C)Cc1csc(C(C)OC)n1.I. The van der Waals surface area contributed by atoms with E-state index in [0.717, 1.165) is 29.8 Å². The van der Waals surface area contributed by atoms with Crippen LogP contribution >= 0.6 is 46.7 Å². The molecule has 0 aliphatic carbocycles. The van der Waals surface area contributed by atoms with Gasteiger partial charge in [0.2, 0.25) is 0 Å². The summed E-state index contributed by atoms with van der Waals surface area (Å²) in [6.07, 6.45) is 0.0413. The molecule has 24 heavy (non-hydrogen) atoms. The van der Waals surface area contributed by atoms with Crippen LogP contribution in [0.25, 0.3) is 0 Å². The number of aromatic nitrogens is 1. The maximum atomic E-state index is 5.32. The molecule has 0 saturated heterocycles. The van der Waals surface area contributed by atoms with Gasteiger partial charge >= 0.3 is 0 Å². The smallest absolute Gasteiger partial charge is 0.194 e. The van der Waals surface area contributed by atoms with E-state index in [1.54, 1.807) is 29.8 Å². The average molecular weight is 480 g/mol. The Morgan fingerprint density at radius 2 is 2.25 bits per heavy atom. The highest BCUT2D eigenvalue weighted by Crippen LogP contribution is 2.21. The number of hydrogen-bond donors (Lipinski definition) is 1. The largest absolute Gasteiger partial charge is 0.375 e. The molecule has 1 N–H and O–H groups in total. The molecule has 2 rings (SSSR count). The fourth-order valence-corrected chi connectivity index (χ4v) is 3.52. The molecule has 0 aromatic carbocycles. The van der Waals surface area contributed by atoms with Gasteiger partial charge in [-0.3, -0.25) is 0 Å². The van der Waals surface area contributed by atoms with Gasteiger partial charge in [-0.1, -0.05) is 0 Å². The van der Waals surface area contributed by atoms with Crippen LogP contribution in [0, 0.1) is 0 Å². The summed E-state index contributed by atoms with van der Waals surface area (Å²) in [4.78, 5) is 11.4. The number of thiazole rings is 1. The van der Waals surface area contributed by atoms with E-state index in [1.165, 1.54) is 5.56 Å². The van der Waals surface area contributed by atoms with Crippen molar-refractivity contribution >= 4 is 52.6 Å². The lowest BCUT2D eigenvalue weighted by molar-refractivity contribution is 0.119. The zero-order valence-corrected chi connectivity index (χ0v) is 18.4. The van der Waals surface area contributed by atoms with Crippen LogP contribution in [-0.2, 0) is 17.8 Å². The highest BCUT2D eigenvalue weighted by Gasteiger charge is 2.12. The van der Waals surface area contributed by atoms with Crippen LogP contribution in [0.3, 0.4) is 0 Å². The zero-order chi connectivity index (χ0) is 16.7. The quantitative estimate of drug-likeness (QED) is 0.368. The van der Waals surface area contributed by atoms with E-state index < -0.39 is 0 Å². The zero-order valence-electron chi connectivity index (χ0n) is 14.5. The average Bonchev–Trinajstić information content (AvgIpc) is 3.22. The first-order valence-corrected chi connectivity index (χ1v) is 9.43. The molecule has 2 heterocycles. The van der Waals surface area contributed by atoms with E-state index in [9.17, 15) is 0 Å². The number of halogens is 1. The number of guanidine groups is 1. The molecule has 5 nitrogen and oxygen atoms in total. The van der Waals surface area contributed by atoms with Crippen molar-refractivity contribution in [2.75, 3.05) is 20.7 Å². The Morgan fingerprint density at radius 3 is 2.88 bits per heavy atom. The molecule has 0 spiro atoms. The third-order valence-corrected chi connectivity index (χ3v) is 5.14. The molecule has 2 aromatic heterocycles. The number of thiophene rings is 1. The lowest BCUT2D eigenvalue weighted by atomic mass is 10.3. The number of ether oxygens (including phenoxy) is 1. The molecule has 134 valence electrons. The maximum absolute atomic E-state index is 5.32. The molecule has 2 aromatic rings. The van der Waals surface area contributed by atoms with Crippen LogP contribution in [0.1, 0.15) is 36.2 Å². The highest BCUT2D eigenvalue weighted by atomic mass is 127. The predicted octanol–water partition coefficient (Wildman–Crippen LogP) is 4.13. The lowest BCUT2D eigenvalue weighted by Gasteiger charge is -2.21. The number of rotatable bonds is 7. The summed E-state index contributed by atoms with van der Waals surface area (Å²) in [5.74, 6) is 0.896. The summed E-state index contributed by atoms with van der Waals surface area (Å²) in [6, 6.07) is 2.11. The Labute approximate surface area is 169 Å². The van der Waals surface area contributed by atoms with Crippen LogP contribution < -0.4 is 5.32 Å². The summed E-state index contributed by atoms with van der Waals surface area (Å²) >= 11 is 3.34. The highest BCUT2D eigenvalue weighted by molar-refractivity contribution is 14.0. The minimum absolute atomic E-state index is 0. The van der Waals surface area contributed by atoms with Crippen molar-refractivity contribution in [3.05, 3.63) is 38.5 Å². The van der Waals surface area contributed by atoms with Crippen molar-refractivity contribution < 1.29 is 4.74 Å². The van der Waals surface area contributed by atoms with Crippen molar-refractivity contribution in [2.24, 2.45) is 4.99 Å². The molecular weight excluding hydrogens is 455 g/mol. The minimum Gasteiger partial charge on any atom is -0.375 e. The Hall–Kier alpha value is -0.710. The first-order chi connectivity index (χ1) is 11.1. The predicted molar refractivity (Wildman–Crippen MR) is 114 cm³/mol. The van der Waals surface area contributed by atoms with Gasteiger partial charge in [0.05, 0.1) is 18.8 Å². The summed E-state index contributed by atoms with van der Waals surface area (Å²) in [5, 5.41) is 10.6. The monoisotopic (exact) mass is 480 g/mol. The van der Waals surface area contributed by atoms with E-state index in [0.29, 0.717) is 6.54 Å². The van der Waals surface area contributed by atoms with Gasteiger partial charge in [-0.05, 0) is 36.2 Å². The van der Waals surface area contributed by atoms with E-state index in [-0.39, 0.29) is 30.1 Å². The first kappa shape index (κ1) is 21.3. The number of nitrogens with one attached hydrogen (secondary N) is 1. The number of aliphatic imine (C=N–C) groups is 1. The molecule has 0 amide bonds. The molecule has 0 aliphatic rings. The Morgan fingerprint density at radius 1 is 1.46 bits per heavy atom. The number of nitrogens with zero attached hydrogens (tertiary/aromatic N) is 3. The molecule has 0 radical (unpaired) electrons. The summed E-state index contributed by atoms with van der Waals surface area (Å²) in [5.41, 5.74) is 2.28. The molecule has 8 heteroatoms. The first-order valence-electron chi connectivity index (χ1n) is 7.61. The van der Waals surface area contributed by atoms with Crippen LogP contribution in [-0.4, -0.2) is 36.5 Å².